The minimum atomic E-state index is -0.924. The average Bonchev–Trinajstić information content (AvgIpc) is 2.33. The molecule has 1 aromatic rings. The Morgan fingerprint density at radius 2 is 2.06 bits per heavy atom. The van der Waals surface area contributed by atoms with Crippen LogP contribution in [0, 0.1) is 11.6 Å². The molecule has 2 unspecified atom stereocenters. The molecule has 0 saturated carbocycles. The maximum absolute atomic E-state index is 13.1. The van der Waals surface area contributed by atoms with Crippen molar-refractivity contribution in [1.29, 1.82) is 0 Å². The van der Waals surface area contributed by atoms with Gasteiger partial charge in [-0.1, -0.05) is 0 Å². The summed E-state index contributed by atoms with van der Waals surface area (Å²) in [6.07, 6.45) is 2.00. The summed E-state index contributed by atoms with van der Waals surface area (Å²) in [4.78, 5) is 0. The number of phenols is 1. The number of hydrogen-bond acceptors (Lipinski definition) is 3. The number of hydrogen-bond donors (Lipinski definition) is 2. The van der Waals surface area contributed by atoms with E-state index in [0.717, 1.165) is 25.0 Å². The number of aromatic hydroxyl groups is 1. The van der Waals surface area contributed by atoms with E-state index in [2.05, 4.69) is 5.32 Å². The van der Waals surface area contributed by atoms with Crippen molar-refractivity contribution in [3.63, 3.8) is 0 Å². The lowest BCUT2D eigenvalue weighted by atomic mass is 10.0. The van der Waals surface area contributed by atoms with E-state index in [-0.39, 0.29) is 6.10 Å². The average molecular weight is 257 g/mol. The summed E-state index contributed by atoms with van der Waals surface area (Å²) < 4.78 is 31.7. The maximum Gasteiger partial charge on any atom is 0.187 e. The Bertz CT molecular complexity index is 402. The van der Waals surface area contributed by atoms with Crippen molar-refractivity contribution in [2.75, 3.05) is 6.61 Å². The molecule has 3 nitrogen and oxygen atoms in total. The number of nitrogens with one attached hydrogen (secondary N) is 1. The predicted molar refractivity (Wildman–Crippen MR) is 63.3 cm³/mol. The number of ether oxygens (including phenoxy) is 1. The van der Waals surface area contributed by atoms with Gasteiger partial charge < -0.3 is 15.2 Å². The Hall–Kier alpha value is -1.20. The van der Waals surface area contributed by atoms with Crippen molar-refractivity contribution in [1.82, 2.24) is 5.32 Å². The second-order valence-electron chi connectivity index (χ2n) is 4.69. The maximum atomic E-state index is 13.1. The monoisotopic (exact) mass is 257 g/mol. The van der Waals surface area contributed by atoms with Gasteiger partial charge in [-0.2, -0.15) is 0 Å². The highest BCUT2D eigenvalue weighted by Crippen LogP contribution is 2.21. The molecule has 18 heavy (non-hydrogen) atoms. The molecule has 1 fully saturated rings. The van der Waals surface area contributed by atoms with Crippen LogP contribution in [0.1, 0.15) is 25.3 Å². The number of rotatable bonds is 3. The molecule has 5 heteroatoms. The highest BCUT2D eigenvalue weighted by Gasteiger charge is 2.19. The molecule has 0 aromatic heterocycles. The van der Waals surface area contributed by atoms with Gasteiger partial charge in [0.05, 0.1) is 6.10 Å². The molecule has 1 aromatic carbocycles. The quantitative estimate of drug-likeness (QED) is 0.873. The van der Waals surface area contributed by atoms with Gasteiger partial charge in [-0.25, -0.2) is 8.78 Å². The summed E-state index contributed by atoms with van der Waals surface area (Å²) in [6, 6.07) is 2.59. The Balaban J connectivity index is 1.94. The van der Waals surface area contributed by atoms with Crippen LogP contribution in [0.25, 0.3) is 0 Å². The van der Waals surface area contributed by atoms with Crippen LogP contribution in [0.3, 0.4) is 0 Å². The fourth-order valence-corrected chi connectivity index (χ4v) is 2.17. The van der Waals surface area contributed by atoms with Crippen molar-refractivity contribution < 1.29 is 18.6 Å². The summed E-state index contributed by atoms with van der Waals surface area (Å²) >= 11 is 0. The lowest BCUT2D eigenvalue weighted by molar-refractivity contribution is 0.0130. The summed E-state index contributed by atoms with van der Waals surface area (Å²) in [5.74, 6) is -2.77. The van der Waals surface area contributed by atoms with Crippen molar-refractivity contribution in [3.05, 3.63) is 29.3 Å². The van der Waals surface area contributed by atoms with Crippen molar-refractivity contribution in [3.8, 4) is 5.75 Å². The first-order valence-corrected chi connectivity index (χ1v) is 6.08. The standard InChI is InChI=1S/C13H17F2NO2/c1-8-4-10(2-3-18-8)16-7-9-5-11(14)13(17)12(15)6-9/h5-6,8,10,16-17H,2-4,7H2,1H3. The van der Waals surface area contributed by atoms with Gasteiger partial charge in [-0.15, -0.1) is 0 Å². The zero-order valence-corrected chi connectivity index (χ0v) is 10.2. The highest BCUT2D eigenvalue weighted by atomic mass is 19.1. The fourth-order valence-electron chi connectivity index (χ4n) is 2.17. The highest BCUT2D eigenvalue weighted by molar-refractivity contribution is 5.29. The molecule has 1 heterocycles. The number of halogens is 2. The van der Waals surface area contributed by atoms with E-state index in [1.54, 1.807) is 0 Å². The van der Waals surface area contributed by atoms with E-state index in [9.17, 15) is 8.78 Å². The summed E-state index contributed by atoms with van der Waals surface area (Å²) in [6.45, 7) is 3.09. The van der Waals surface area contributed by atoms with Crippen LogP contribution in [0.4, 0.5) is 8.78 Å². The van der Waals surface area contributed by atoms with Crippen LogP contribution < -0.4 is 5.32 Å². The van der Waals surface area contributed by atoms with E-state index >= 15 is 0 Å². The van der Waals surface area contributed by atoms with Gasteiger partial charge in [0.15, 0.2) is 17.4 Å². The molecular formula is C13H17F2NO2. The molecule has 2 atom stereocenters. The predicted octanol–water partition coefficient (Wildman–Crippen LogP) is 2.33. The van der Waals surface area contributed by atoms with E-state index in [1.165, 1.54) is 0 Å². The van der Waals surface area contributed by atoms with Gasteiger partial charge in [0.1, 0.15) is 0 Å². The third kappa shape index (κ3) is 3.17. The molecular weight excluding hydrogens is 240 g/mol. The molecule has 0 bridgehead atoms. The summed E-state index contributed by atoms with van der Waals surface area (Å²) in [5, 5.41) is 12.2. The van der Waals surface area contributed by atoms with Gasteiger partial charge in [0, 0.05) is 19.2 Å². The van der Waals surface area contributed by atoms with Crippen LogP contribution in [0.5, 0.6) is 5.75 Å². The first-order valence-electron chi connectivity index (χ1n) is 6.08. The van der Waals surface area contributed by atoms with E-state index in [1.807, 2.05) is 6.92 Å². The molecule has 1 saturated heterocycles. The Morgan fingerprint density at radius 1 is 1.39 bits per heavy atom. The molecule has 0 radical (unpaired) electrons. The van der Waals surface area contributed by atoms with E-state index in [0.29, 0.717) is 24.8 Å². The van der Waals surface area contributed by atoms with E-state index in [4.69, 9.17) is 9.84 Å². The molecule has 2 rings (SSSR count). The molecule has 1 aliphatic rings. The lowest BCUT2D eigenvalue weighted by Gasteiger charge is -2.28. The van der Waals surface area contributed by atoms with Gasteiger partial charge in [0.25, 0.3) is 0 Å². The number of benzene rings is 1. The normalized spacial score (nSPS) is 24.2. The number of phenolic OH excluding ortho intramolecular Hbond substituents is 1. The first-order chi connectivity index (χ1) is 8.56. The van der Waals surface area contributed by atoms with Gasteiger partial charge >= 0.3 is 0 Å². The SMILES string of the molecule is CC1CC(NCc2cc(F)c(O)c(F)c2)CCO1. The first kappa shape index (κ1) is 13.2. The molecule has 0 spiro atoms. The zero-order valence-electron chi connectivity index (χ0n) is 10.2. The minimum absolute atomic E-state index is 0.213. The third-order valence-corrected chi connectivity index (χ3v) is 3.16. The summed E-state index contributed by atoms with van der Waals surface area (Å²) in [5.41, 5.74) is 0.488. The Labute approximate surface area is 105 Å². The second kappa shape index (κ2) is 5.63. The summed E-state index contributed by atoms with van der Waals surface area (Å²) in [7, 11) is 0. The van der Waals surface area contributed by atoms with Crippen LogP contribution in [-0.4, -0.2) is 23.9 Å². The van der Waals surface area contributed by atoms with Crippen LogP contribution in [-0.2, 0) is 11.3 Å². The second-order valence-corrected chi connectivity index (χ2v) is 4.69. The molecule has 2 N–H and O–H groups in total. The minimum Gasteiger partial charge on any atom is -0.503 e. The Morgan fingerprint density at radius 3 is 2.67 bits per heavy atom. The molecule has 1 aliphatic heterocycles. The molecule has 100 valence electrons. The molecule has 0 aliphatic carbocycles. The van der Waals surface area contributed by atoms with Crippen molar-refractivity contribution >= 4 is 0 Å². The smallest absolute Gasteiger partial charge is 0.187 e. The van der Waals surface area contributed by atoms with Gasteiger partial charge in [-0.3, -0.25) is 0 Å². The topological polar surface area (TPSA) is 41.5 Å². The van der Waals surface area contributed by atoms with Gasteiger partial charge in [0.2, 0.25) is 0 Å². The lowest BCUT2D eigenvalue weighted by Crippen LogP contribution is -2.37. The third-order valence-electron chi connectivity index (χ3n) is 3.16. The van der Waals surface area contributed by atoms with Crippen molar-refractivity contribution in [2.45, 2.75) is 38.5 Å². The van der Waals surface area contributed by atoms with Crippen LogP contribution >= 0.6 is 0 Å². The van der Waals surface area contributed by atoms with Crippen LogP contribution in [0.15, 0.2) is 12.1 Å². The Kier molecular flexibility index (Phi) is 4.14. The van der Waals surface area contributed by atoms with Crippen LogP contribution in [0.2, 0.25) is 0 Å². The van der Waals surface area contributed by atoms with Gasteiger partial charge in [-0.05, 0) is 37.5 Å². The van der Waals surface area contributed by atoms with Crippen molar-refractivity contribution in [2.24, 2.45) is 0 Å². The fraction of sp³-hybridized carbons (Fsp3) is 0.538. The molecule has 0 amide bonds. The van der Waals surface area contributed by atoms with E-state index < -0.39 is 17.4 Å². The zero-order chi connectivity index (χ0) is 13.1. The largest absolute Gasteiger partial charge is 0.503 e.